The summed E-state index contributed by atoms with van der Waals surface area (Å²) in [6.45, 7) is 3.46. The minimum absolute atomic E-state index is 0.149. The van der Waals surface area contributed by atoms with Crippen LogP contribution in [0.15, 0.2) is 0 Å². The second-order valence-electron chi connectivity index (χ2n) is 1.85. The van der Waals surface area contributed by atoms with Gasteiger partial charge in [0.25, 0.3) is 10.1 Å². The molecule has 4 nitrogen and oxygen atoms in total. The van der Waals surface area contributed by atoms with Crippen LogP contribution < -0.4 is 5.73 Å². The second kappa shape index (κ2) is 3.90. The van der Waals surface area contributed by atoms with E-state index >= 15 is 0 Å². The molecule has 0 saturated carbocycles. The highest BCUT2D eigenvalue weighted by Gasteiger charge is 2.18. The van der Waals surface area contributed by atoms with E-state index < -0.39 is 15.5 Å². The number of nitrogens with two attached hydrogens (primary N) is 1. The van der Waals surface area contributed by atoms with Crippen molar-refractivity contribution in [2.45, 2.75) is 25.6 Å². The van der Waals surface area contributed by atoms with Gasteiger partial charge in [0.05, 0.1) is 6.61 Å². The van der Waals surface area contributed by atoms with Crippen molar-refractivity contribution in [2.75, 3.05) is 6.61 Å². The van der Waals surface area contributed by atoms with Crippen molar-refractivity contribution in [3.05, 3.63) is 0 Å². The zero-order valence-corrected chi connectivity index (χ0v) is 7.02. The molecule has 0 aromatic carbocycles. The molecule has 0 bridgehead atoms. The molecule has 0 heterocycles. The Morgan fingerprint density at radius 3 is 2.30 bits per heavy atom. The molecule has 0 spiro atoms. The van der Waals surface area contributed by atoms with Crippen molar-refractivity contribution in [2.24, 2.45) is 5.73 Å². The largest absolute Gasteiger partial charge is 0.313 e. The second-order valence-corrected chi connectivity index (χ2v) is 3.67. The Hall–Kier alpha value is -0.130. The maximum atomic E-state index is 10.8. The highest BCUT2D eigenvalue weighted by molar-refractivity contribution is 7.87. The first-order valence-corrected chi connectivity index (χ1v) is 4.65. The lowest BCUT2D eigenvalue weighted by atomic mass is 10.5. The topological polar surface area (TPSA) is 69.4 Å². The Labute approximate surface area is 61.5 Å². The molecule has 62 valence electrons. The monoisotopic (exact) mass is 167 g/mol. The van der Waals surface area contributed by atoms with Crippen LogP contribution in [0.25, 0.3) is 0 Å². The summed E-state index contributed by atoms with van der Waals surface area (Å²) >= 11 is 0. The Morgan fingerprint density at radius 1 is 1.50 bits per heavy atom. The predicted molar refractivity (Wildman–Crippen MR) is 38.8 cm³/mol. The van der Waals surface area contributed by atoms with Crippen LogP contribution in [0.1, 0.15) is 20.3 Å². The molecule has 10 heavy (non-hydrogen) atoms. The number of rotatable bonds is 4. The van der Waals surface area contributed by atoms with Gasteiger partial charge in [-0.3, -0.25) is 4.18 Å². The standard InChI is InChI=1S/C5H13NO3S/c1-3-5(6)10(7,8)9-4-2/h5H,3-4,6H2,1-2H3. The summed E-state index contributed by atoms with van der Waals surface area (Å²) < 4.78 is 26.1. The molecule has 0 rings (SSSR count). The zero-order chi connectivity index (χ0) is 8.20. The smallest absolute Gasteiger partial charge is 0.283 e. The average Bonchev–Trinajstić information content (AvgIpc) is 1.86. The molecule has 0 aliphatic rings. The van der Waals surface area contributed by atoms with E-state index in [1.165, 1.54) is 0 Å². The third-order valence-electron chi connectivity index (χ3n) is 1.06. The zero-order valence-electron chi connectivity index (χ0n) is 6.20. The molecule has 0 aliphatic carbocycles. The summed E-state index contributed by atoms with van der Waals surface area (Å²) in [5, 5.41) is -0.882. The highest BCUT2D eigenvalue weighted by Crippen LogP contribution is 2.01. The molecule has 0 radical (unpaired) electrons. The summed E-state index contributed by atoms with van der Waals surface area (Å²) in [5.41, 5.74) is 5.22. The molecule has 0 saturated heterocycles. The van der Waals surface area contributed by atoms with Crippen LogP contribution in [-0.4, -0.2) is 20.4 Å². The fourth-order valence-corrected chi connectivity index (χ4v) is 1.37. The van der Waals surface area contributed by atoms with E-state index in [0.717, 1.165) is 0 Å². The molecule has 2 N–H and O–H groups in total. The van der Waals surface area contributed by atoms with Crippen molar-refractivity contribution in [3.63, 3.8) is 0 Å². The first kappa shape index (κ1) is 9.87. The minimum Gasteiger partial charge on any atom is -0.313 e. The number of hydrogen-bond acceptors (Lipinski definition) is 4. The van der Waals surface area contributed by atoms with Crippen molar-refractivity contribution in [1.29, 1.82) is 0 Å². The van der Waals surface area contributed by atoms with Gasteiger partial charge in [-0.25, -0.2) is 0 Å². The molecular formula is C5H13NO3S. The predicted octanol–water partition coefficient (Wildman–Crippen LogP) is 0.0475. The summed E-state index contributed by atoms with van der Waals surface area (Å²) in [7, 11) is -3.48. The van der Waals surface area contributed by atoms with Gasteiger partial charge in [0, 0.05) is 0 Å². The van der Waals surface area contributed by atoms with E-state index in [1.807, 2.05) is 0 Å². The molecule has 1 atom stereocenters. The lowest BCUT2D eigenvalue weighted by molar-refractivity contribution is 0.330. The minimum atomic E-state index is -3.48. The van der Waals surface area contributed by atoms with Crippen LogP contribution in [-0.2, 0) is 14.3 Å². The van der Waals surface area contributed by atoms with Crippen LogP contribution in [0.2, 0.25) is 0 Å². The van der Waals surface area contributed by atoms with Gasteiger partial charge in [0.1, 0.15) is 5.37 Å². The molecule has 0 aliphatic heterocycles. The normalized spacial score (nSPS) is 15.1. The SMILES string of the molecule is CCOS(=O)(=O)C(N)CC. The van der Waals surface area contributed by atoms with Crippen LogP contribution in [0.3, 0.4) is 0 Å². The van der Waals surface area contributed by atoms with Crippen molar-refractivity contribution >= 4 is 10.1 Å². The third-order valence-corrected chi connectivity index (χ3v) is 2.69. The first-order chi connectivity index (χ1) is 4.54. The lowest BCUT2D eigenvalue weighted by Crippen LogP contribution is -2.31. The van der Waals surface area contributed by atoms with Crippen LogP contribution in [0, 0.1) is 0 Å². The Balaban J connectivity index is 4.12. The highest BCUT2D eigenvalue weighted by atomic mass is 32.2. The van der Waals surface area contributed by atoms with Gasteiger partial charge in [-0.2, -0.15) is 8.42 Å². The molecule has 0 fully saturated rings. The van der Waals surface area contributed by atoms with Crippen molar-refractivity contribution < 1.29 is 12.6 Å². The van der Waals surface area contributed by atoms with E-state index in [0.29, 0.717) is 6.42 Å². The Kier molecular flexibility index (Phi) is 3.85. The van der Waals surface area contributed by atoms with Crippen LogP contribution in [0.4, 0.5) is 0 Å². The van der Waals surface area contributed by atoms with Gasteiger partial charge in [0.2, 0.25) is 0 Å². The van der Waals surface area contributed by atoms with Crippen molar-refractivity contribution in [3.8, 4) is 0 Å². The van der Waals surface area contributed by atoms with Gasteiger partial charge < -0.3 is 5.73 Å². The fraction of sp³-hybridized carbons (Fsp3) is 1.00. The van der Waals surface area contributed by atoms with E-state index in [4.69, 9.17) is 5.73 Å². The molecule has 0 aromatic heterocycles. The first-order valence-electron chi connectivity index (χ1n) is 3.18. The molecule has 0 amide bonds. The van der Waals surface area contributed by atoms with Gasteiger partial charge in [-0.1, -0.05) is 6.92 Å². The van der Waals surface area contributed by atoms with Gasteiger partial charge in [-0.05, 0) is 13.3 Å². The summed E-state index contributed by atoms with van der Waals surface area (Å²) in [5.74, 6) is 0. The fourth-order valence-electron chi connectivity index (χ4n) is 0.456. The molecule has 1 unspecified atom stereocenters. The summed E-state index contributed by atoms with van der Waals surface area (Å²) in [6, 6.07) is 0. The lowest BCUT2D eigenvalue weighted by Gasteiger charge is -2.08. The van der Waals surface area contributed by atoms with E-state index in [2.05, 4.69) is 4.18 Å². The summed E-state index contributed by atoms with van der Waals surface area (Å²) in [6.07, 6.45) is 0.377. The Morgan fingerprint density at radius 2 is 2.00 bits per heavy atom. The quantitative estimate of drug-likeness (QED) is 0.600. The molecular weight excluding hydrogens is 154 g/mol. The summed E-state index contributed by atoms with van der Waals surface area (Å²) in [4.78, 5) is 0. The Bertz CT molecular complexity index is 175. The van der Waals surface area contributed by atoms with Gasteiger partial charge in [-0.15, -0.1) is 0 Å². The maximum absolute atomic E-state index is 10.8. The van der Waals surface area contributed by atoms with Crippen LogP contribution >= 0.6 is 0 Å². The van der Waals surface area contributed by atoms with E-state index in [1.54, 1.807) is 13.8 Å². The molecule has 5 heteroatoms. The number of hydrogen-bond donors (Lipinski definition) is 1. The van der Waals surface area contributed by atoms with E-state index in [9.17, 15) is 8.42 Å². The van der Waals surface area contributed by atoms with Gasteiger partial charge in [0.15, 0.2) is 0 Å². The van der Waals surface area contributed by atoms with E-state index in [-0.39, 0.29) is 6.61 Å². The van der Waals surface area contributed by atoms with Crippen molar-refractivity contribution in [1.82, 2.24) is 0 Å². The average molecular weight is 167 g/mol. The maximum Gasteiger partial charge on any atom is 0.283 e. The third kappa shape index (κ3) is 2.64. The molecule has 0 aromatic rings. The van der Waals surface area contributed by atoms with Crippen LogP contribution in [0.5, 0.6) is 0 Å². The van der Waals surface area contributed by atoms with Gasteiger partial charge >= 0.3 is 0 Å².